The van der Waals surface area contributed by atoms with Crippen molar-refractivity contribution in [2.24, 2.45) is 29.6 Å². The molecule has 2 aliphatic rings. The fraction of sp³-hybridized carbons (Fsp3) is 0.947. The van der Waals surface area contributed by atoms with Gasteiger partial charge in [0, 0.05) is 0 Å². The van der Waals surface area contributed by atoms with Crippen molar-refractivity contribution in [3.63, 3.8) is 0 Å². The molecule has 0 spiro atoms. The van der Waals surface area contributed by atoms with Gasteiger partial charge < -0.3 is 9.47 Å². The van der Waals surface area contributed by atoms with E-state index in [1.807, 2.05) is 13.8 Å². The van der Waals surface area contributed by atoms with E-state index < -0.39 is 48.5 Å². The lowest BCUT2D eigenvalue weighted by molar-refractivity contribution is -0.385. The molecule has 9 heteroatoms. The van der Waals surface area contributed by atoms with Crippen molar-refractivity contribution in [2.45, 2.75) is 77.4 Å². The minimum Gasteiger partial charge on any atom is -0.458 e. The lowest BCUT2D eigenvalue weighted by atomic mass is 9.71. The van der Waals surface area contributed by atoms with Gasteiger partial charge in [0.1, 0.15) is 12.2 Å². The first-order valence-corrected chi connectivity index (χ1v) is 9.48. The summed E-state index contributed by atoms with van der Waals surface area (Å²) in [6.07, 6.45) is -11.7. The Kier molecular flexibility index (Phi) is 6.12. The Balaban J connectivity index is 2.26. The molecule has 0 aromatic rings. The molecule has 2 aliphatic carbocycles. The molecule has 0 amide bonds. The van der Waals surface area contributed by atoms with Gasteiger partial charge in [0.05, 0.1) is 0 Å². The van der Waals surface area contributed by atoms with Crippen molar-refractivity contribution in [3.8, 4) is 0 Å². The molecule has 164 valence electrons. The topological polar surface area (TPSA) is 35.5 Å². The molecule has 2 bridgehead atoms. The smallest absolute Gasteiger partial charge is 0.426 e. The first-order valence-electron chi connectivity index (χ1n) is 9.48. The van der Waals surface area contributed by atoms with Gasteiger partial charge in [-0.05, 0) is 69.6 Å². The third kappa shape index (κ3) is 4.44. The second kappa shape index (κ2) is 7.36. The fourth-order valence-corrected chi connectivity index (χ4v) is 4.87. The third-order valence-electron chi connectivity index (χ3n) is 6.36. The molecule has 2 saturated carbocycles. The average molecular weight is 418 g/mol. The van der Waals surface area contributed by atoms with E-state index in [9.17, 15) is 31.1 Å². The van der Waals surface area contributed by atoms with Gasteiger partial charge in [-0.2, -0.15) is 26.3 Å². The zero-order valence-electron chi connectivity index (χ0n) is 16.7. The monoisotopic (exact) mass is 418 g/mol. The zero-order chi connectivity index (χ0) is 21.7. The van der Waals surface area contributed by atoms with Gasteiger partial charge in [0.15, 0.2) is 0 Å². The molecular weight excluding hydrogens is 390 g/mol. The first kappa shape index (κ1) is 23.3. The summed E-state index contributed by atoms with van der Waals surface area (Å²) in [6, 6.07) is 0. The Hall–Kier alpha value is -0.990. The molecule has 0 aromatic carbocycles. The van der Waals surface area contributed by atoms with Crippen LogP contribution in [0.1, 0.15) is 53.9 Å². The molecule has 0 N–H and O–H groups in total. The number of rotatable bonds is 5. The maximum absolute atomic E-state index is 13.7. The quantitative estimate of drug-likeness (QED) is 0.435. The highest BCUT2D eigenvalue weighted by molar-refractivity contribution is 5.71. The molecule has 0 aromatic heterocycles. The van der Waals surface area contributed by atoms with Gasteiger partial charge >= 0.3 is 18.3 Å². The Morgan fingerprint density at radius 2 is 1.46 bits per heavy atom. The molecule has 0 radical (unpaired) electrons. The van der Waals surface area contributed by atoms with Crippen molar-refractivity contribution in [3.05, 3.63) is 0 Å². The number of carbonyl (C=O) groups excluding carboxylic acids is 1. The van der Waals surface area contributed by atoms with Gasteiger partial charge in [0.2, 0.25) is 0 Å². The van der Waals surface area contributed by atoms with E-state index in [0.29, 0.717) is 12.8 Å². The number of esters is 1. The van der Waals surface area contributed by atoms with Crippen LogP contribution in [0.3, 0.4) is 0 Å². The van der Waals surface area contributed by atoms with Crippen molar-refractivity contribution in [1.82, 2.24) is 0 Å². The van der Waals surface area contributed by atoms with Crippen molar-refractivity contribution >= 4 is 5.97 Å². The van der Waals surface area contributed by atoms with Crippen LogP contribution in [0.4, 0.5) is 26.3 Å². The number of hydrogen-bond acceptors (Lipinski definition) is 3. The highest BCUT2D eigenvalue weighted by atomic mass is 19.4. The summed E-state index contributed by atoms with van der Waals surface area (Å²) in [5, 5.41) is 0. The van der Waals surface area contributed by atoms with Crippen LogP contribution in [0.15, 0.2) is 0 Å². The summed E-state index contributed by atoms with van der Waals surface area (Å²) in [6.45, 7) is 6.84. The fourth-order valence-electron chi connectivity index (χ4n) is 4.87. The van der Waals surface area contributed by atoms with Crippen molar-refractivity contribution in [2.75, 3.05) is 6.61 Å². The Morgan fingerprint density at radius 3 is 1.86 bits per heavy atom. The summed E-state index contributed by atoms with van der Waals surface area (Å²) in [5.74, 6) is -1.73. The normalized spacial score (nSPS) is 31.3. The summed E-state index contributed by atoms with van der Waals surface area (Å²) in [5.41, 5.74) is -5.43. The average Bonchev–Trinajstić information content (AvgIpc) is 2.99. The summed E-state index contributed by atoms with van der Waals surface area (Å²) in [7, 11) is 0. The Bertz CT molecular complexity index is 562. The van der Waals surface area contributed by atoms with Crippen LogP contribution < -0.4 is 0 Å². The number of halogens is 6. The van der Waals surface area contributed by atoms with Crippen LogP contribution in [-0.2, 0) is 14.3 Å². The standard InChI is InChI=1S/C19H28F6O3/c1-10-11(2)14-7-12(10)6-13(14)8-17(18(20,21)22,19(23,24)25)27-9-15(26)28-16(3,4)5/h10-14H,6-9H2,1-5H3. The van der Waals surface area contributed by atoms with Crippen LogP contribution in [0, 0.1) is 29.6 Å². The third-order valence-corrected chi connectivity index (χ3v) is 6.36. The van der Waals surface area contributed by atoms with E-state index >= 15 is 0 Å². The van der Waals surface area contributed by atoms with Crippen LogP contribution in [0.2, 0.25) is 0 Å². The Morgan fingerprint density at radius 1 is 0.929 bits per heavy atom. The van der Waals surface area contributed by atoms with E-state index in [2.05, 4.69) is 4.74 Å². The second-order valence-corrected chi connectivity index (χ2v) is 9.28. The number of carbonyl (C=O) groups is 1. The van der Waals surface area contributed by atoms with Gasteiger partial charge in [-0.15, -0.1) is 0 Å². The van der Waals surface area contributed by atoms with Crippen LogP contribution in [0.5, 0.6) is 0 Å². The van der Waals surface area contributed by atoms with Crippen molar-refractivity contribution in [1.29, 1.82) is 0 Å². The molecular formula is C19H28F6O3. The maximum atomic E-state index is 13.7. The summed E-state index contributed by atoms with van der Waals surface area (Å²) >= 11 is 0. The van der Waals surface area contributed by atoms with Crippen molar-refractivity contribution < 1.29 is 40.6 Å². The van der Waals surface area contributed by atoms with Gasteiger partial charge in [-0.1, -0.05) is 13.8 Å². The number of ether oxygens (including phenoxy) is 2. The molecule has 0 aliphatic heterocycles. The molecule has 28 heavy (non-hydrogen) atoms. The lowest BCUT2D eigenvalue weighted by Gasteiger charge is -2.41. The molecule has 3 nitrogen and oxygen atoms in total. The van der Waals surface area contributed by atoms with Crippen LogP contribution in [-0.4, -0.2) is 36.1 Å². The summed E-state index contributed by atoms with van der Waals surface area (Å²) < 4.78 is 91.6. The largest absolute Gasteiger partial charge is 0.458 e. The zero-order valence-corrected chi connectivity index (χ0v) is 16.7. The van der Waals surface area contributed by atoms with Gasteiger partial charge in [-0.3, -0.25) is 0 Å². The molecule has 2 fully saturated rings. The SMILES string of the molecule is CC1C2CC(CC(OCC(=O)OC(C)(C)C)(C(F)(F)F)C(F)(F)F)C(C2)C1C. The van der Waals surface area contributed by atoms with Gasteiger partial charge in [0.25, 0.3) is 5.60 Å². The Labute approximate surface area is 161 Å². The molecule has 5 atom stereocenters. The predicted octanol–water partition coefficient (Wildman–Crippen LogP) is 5.53. The predicted molar refractivity (Wildman–Crippen MR) is 89.3 cm³/mol. The van der Waals surface area contributed by atoms with Crippen LogP contribution in [0.25, 0.3) is 0 Å². The van der Waals surface area contributed by atoms with E-state index in [0.717, 1.165) is 0 Å². The number of hydrogen-bond donors (Lipinski definition) is 0. The van der Waals surface area contributed by atoms with Crippen LogP contribution >= 0.6 is 0 Å². The van der Waals surface area contributed by atoms with E-state index in [1.165, 1.54) is 20.8 Å². The maximum Gasteiger partial charge on any atom is 0.426 e. The first-order chi connectivity index (χ1) is 12.5. The lowest BCUT2D eigenvalue weighted by Crippen LogP contribution is -2.60. The number of fused-ring (bicyclic) bond motifs is 2. The summed E-state index contributed by atoms with van der Waals surface area (Å²) in [4.78, 5) is 11.7. The molecule has 5 unspecified atom stereocenters. The number of alkyl halides is 6. The highest BCUT2D eigenvalue weighted by Gasteiger charge is 2.73. The minimum absolute atomic E-state index is 0.0637. The molecule has 2 rings (SSSR count). The van der Waals surface area contributed by atoms with E-state index in [-0.39, 0.29) is 23.7 Å². The second-order valence-electron chi connectivity index (χ2n) is 9.28. The minimum atomic E-state index is -5.70. The molecule has 0 saturated heterocycles. The highest BCUT2D eigenvalue weighted by Crippen LogP contribution is 2.60. The van der Waals surface area contributed by atoms with Gasteiger partial charge in [-0.25, -0.2) is 4.79 Å². The molecule has 0 heterocycles. The van der Waals surface area contributed by atoms with E-state index in [4.69, 9.17) is 4.74 Å². The van der Waals surface area contributed by atoms with E-state index in [1.54, 1.807) is 0 Å².